The van der Waals surface area contributed by atoms with Crippen LogP contribution < -0.4 is 5.32 Å². The van der Waals surface area contributed by atoms with Gasteiger partial charge in [0.25, 0.3) is 0 Å². The van der Waals surface area contributed by atoms with Crippen molar-refractivity contribution in [2.45, 2.75) is 51.5 Å². The Morgan fingerprint density at radius 1 is 1.29 bits per heavy atom. The summed E-state index contributed by atoms with van der Waals surface area (Å²) in [5.74, 6) is -0.0649. The first kappa shape index (κ1) is 14.5. The van der Waals surface area contributed by atoms with Gasteiger partial charge in [0.05, 0.1) is 6.61 Å². The van der Waals surface area contributed by atoms with Gasteiger partial charge in [-0.3, -0.25) is 4.79 Å². The zero-order chi connectivity index (χ0) is 12.3. The van der Waals surface area contributed by atoms with Crippen molar-refractivity contribution >= 4 is 5.97 Å². The Morgan fingerprint density at radius 3 is 2.76 bits per heavy atom. The molecule has 0 saturated carbocycles. The average Bonchev–Trinajstić information content (AvgIpc) is 2.35. The van der Waals surface area contributed by atoms with E-state index in [0.29, 0.717) is 19.1 Å². The molecule has 1 fully saturated rings. The third-order valence-corrected chi connectivity index (χ3v) is 3.02. The summed E-state index contributed by atoms with van der Waals surface area (Å²) in [6.07, 6.45) is 5.98. The Hall–Kier alpha value is -0.610. The predicted molar refractivity (Wildman–Crippen MR) is 66.9 cm³/mol. The molecular weight excluding hydrogens is 218 g/mol. The topological polar surface area (TPSA) is 47.6 Å². The molecule has 0 aliphatic carbocycles. The highest BCUT2D eigenvalue weighted by Gasteiger charge is 2.11. The van der Waals surface area contributed by atoms with E-state index in [0.717, 1.165) is 51.9 Å². The molecule has 0 aromatic heterocycles. The standard InChI is InChI=1S/C13H25NO3/c1-2-17-13(15)6-4-3-5-9-14-12-7-10-16-11-8-12/h12,14H,2-11H2,1H3. The minimum absolute atomic E-state index is 0.0649. The first-order chi connectivity index (χ1) is 8.33. The number of hydrogen-bond donors (Lipinski definition) is 1. The van der Waals surface area contributed by atoms with Crippen LogP contribution in [0.3, 0.4) is 0 Å². The Balaban J connectivity index is 1.85. The Kier molecular flexibility index (Phi) is 8.01. The second-order valence-electron chi connectivity index (χ2n) is 4.46. The van der Waals surface area contributed by atoms with Crippen molar-refractivity contribution in [1.82, 2.24) is 5.32 Å². The Morgan fingerprint density at radius 2 is 2.06 bits per heavy atom. The van der Waals surface area contributed by atoms with Gasteiger partial charge in [-0.15, -0.1) is 0 Å². The van der Waals surface area contributed by atoms with Crippen LogP contribution in [0.2, 0.25) is 0 Å². The van der Waals surface area contributed by atoms with Crippen molar-refractivity contribution in [3.8, 4) is 0 Å². The lowest BCUT2D eigenvalue weighted by molar-refractivity contribution is -0.143. The van der Waals surface area contributed by atoms with Gasteiger partial charge in [0, 0.05) is 25.7 Å². The molecule has 17 heavy (non-hydrogen) atoms. The van der Waals surface area contributed by atoms with E-state index in [-0.39, 0.29) is 5.97 Å². The molecule has 0 aromatic rings. The van der Waals surface area contributed by atoms with Crippen LogP contribution >= 0.6 is 0 Å². The minimum atomic E-state index is -0.0649. The Bertz CT molecular complexity index is 203. The molecule has 4 heteroatoms. The number of nitrogens with one attached hydrogen (secondary N) is 1. The van der Waals surface area contributed by atoms with E-state index in [1.54, 1.807) is 0 Å². The predicted octanol–water partition coefficient (Wildman–Crippen LogP) is 1.88. The molecule has 1 saturated heterocycles. The first-order valence-electron chi connectivity index (χ1n) is 6.79. The molecule has 1 aliphatic heterocycles. The number of rotatable bonds is 8. The molecule has 100 valence electrons. The summed E-state index contributed by atoms with van der Waals surface area (Å²) in [7, 11) is 0. The van der Waals surface area contributed by atoms with Crippen LogP contribution in [0, 0.1) is 0 Å². The van der Waals surface area contributed by atoms with Crippen molar-refractivity contribution in [3.05, 3.63) is 0 Å². The van der Waals surface area contributed by atoms with E-state index in [1.807, 2.05) is 6.92 Å². The van der Waals surface area contributed by atoms with E-state index in [9.17, 15) is 4.79 Å². The van der Waals surface area contributed by atoms with Gasteiger partial charge in [0.1, 0.15) is 0 Å². The van der Waals surface area contributed by atoms with E-state index in [4.69, 9.17) is 9.47 Å². The summed E-state index contributed by atoms with van der Waals surface area (Å²) < 4.78 is 10.2. The van der Waals surface area contributed by atoms with Gasteiger partial charge in [0.2, 0.25) is 0 Å². The number of unbranched alkanes of at least 4 members (excludes halogenated alkanes) is 2. The highest BCUT2D eigenvalue weighted by molar-refractivity contribution is 5.69. The molecule has 0 atom stereocenters. The molecule has 4 nitrogen and oxygen atoms in total. The third kappa shape index (κ3) is 7.34. The number of ether oxygens (including phenoxy) is 2. The van der Waals surface area contributed by atoms with Crippen LogP contribution in [0.5, 0.6) is 0 Å². The summed E-state index contributed by atoms with van der Waals surface area (Å²) in [6, 6.07) is 0.633. The lowest BCUT2D eigenvalue weighted by Gasteiger charge is -2.23. The van der Waals surface area contributed by atoms with Crippen molar-refractivity contribution in [3.63, 3.8) is 0 Å². The number of carbonyl (C=O) groups is 1. The zero-order valence-corrected chi connectivity index (χ0v) is 10.9. The highest BCUT2D eigenvalue weighted by Crippen LogP contribution is 2.07. The van der Waals surface area contributed by atoms with Gasteiger partial charge in [-0.25, -0.2) is 0 Å². The van der Waals surface area contributed by atoms with Crippen molar-refractivity contribution < 1.29 is 14.3 Å². The van der Waals surface area contributed by atoms with Gasteiger partial charge in [-0.1, -0.05) is 6.42 Å². The normalized spacial score (nSPS) is 17.0. The maximum Gasteiger partial charge on any atom is 0.305 e. The molecule has 0 aromatic carbocycles. The second-order valence-corrected chi connectivity index (χ2v) is 4.46. The van der Waals surface area contributed by atoms with Gasteiger partial charge in [0.15, 0.2) is 0 Å². The van der Waals surface area contributed by atoms with Crippen LogP contribution in [0.15, 0.2) is 0 Å². The minimum Gasteiger partial charge on any atom is -0.466 e. The van der Waals surface area contributed by atoms with Crippen LogP contribution in [-0.2, 0) is 14.3 Å². The van der Waals surface area contributed by atoms with Crippen LogP contribution in [-0.4, -0.2) is 38.4 Å². The maximum absolute atomic E-state index is 11.1. The SMILES string of the molecule is CCOC(=O)CCCCCNC1CCOCC1. The average molecular weight is 243 g/mol. The van der Waals surface area contributed by atoms with E-state index in [2.05, 4.69) is 5.32 Å². The summed E-state index contributed by atoms with van der Waals surface area (Å²) in [6.45, 7) is 5.16. The van der Waals surface area contributed by atoms with Gasteiger partial charge >= 0.3 is 5.97 Å². The fourth-order valence-electron chi connectivity index (χ4n) is 2.01. The molecule has 0 bridgehead atoms. The quantitative estimate of drug-likeness (QED) is 0.522. The van der Waals surface area contributed by atoms with Crippen LogP contribution in [0.25, 0.3) is 0 Å². The summed E-state index contributed by atoms with van der Waals surface area (Å²) in [5, 5.41) is 3.54. The van der Waals surface area contributed by atoms with E-state index < -0.39 is 0 Å². The molecule has 0 spiro atoms. The molecule has 1 heterocycles. The molecule has 0 radical (unpaired) electrons. The van der Waals surface area contributed by atoms with Crippen molar-refractivity contribution in [1.29, 1.82) is 0 Å². The van der Waals surface area contributed by atoms with Crippen molar-refractivity contribution in [2.75, 3.05) is 26.4 Å². The van der Waals surface area contributed by atoms with Crippen molar-refractivity contribution in [2.24, 2.45) is 0 Å². The summed E-state index contributed by atoms with van der Waals surface area (Å²) in [5.41, 5.74) is 0. The lowest BCUT2D eigenvalue weighted by atomic mass is 10.1. The second kappa shape index (κ2) is 9.42. The molecule has 0 amide bonds. The largest absolute Gasteiger partial charge is 0.466 e. The zero-order valence-electron chi connectivity index (χ0n) is 10.9. The van der Waals surface area contributed by atoms with E-state index >= 15 is 0 Å². The molecule has 1 aliphatic rings. The highest BCUT2D eigenvalue weighted by atomic mass is 16.5. The number of carbonyl (C=O) groups excluding carboxylic acids is 1. The van der Waals surface area contributed by atoms with Gasteiger partial charge in [-0.2, -0.15) is 0 Å². The molecule has 1 N–H and O–H groups in total. The molecule has 0 unspecified atom stereocenters. The number of esters is 1. The molecule has 1 rings (SSSR count). The monoisotopic (exact) mass is 243 g/mol. The number of hydrogen-bond acceptors (Lipinski definition) is 4. The lowest BCUT2D eigenvalue weighted by Crippen LogP contribution is -2.35. The van der Waals surface area contributed by atoms with Crippen LogP contribution in [0.1, 0.15) is 45.4 Å². The van der Waals surface area contributed by atoms with Gasteiger partial charge < -0.3 is 14.8 Å². The molecular formula is C13H25NO3. The fourth-order valence-corrected chi connectivity index (χ4v) is 2.01. The van der Waals surface area contributed by atoms with Crippen LogP contribution in [0.4, 0.5) is 0 Å². The van der Waals surface area contributed by atoms with E-state index in [1.165, 1.54) is 0 Å². The third-order valence-electron chi connectivity index (χ3n) is 3.02. The first-order valence-corrected chi connectivity index (χ1v) is 6.79. The maximum atomic E-state index is 11.1. The fraction of sp³-hybridized carbons (Fsp3) is 0.923. The summed E-state index contributed by atoms with van der Waals surface area (Å²) in [4.78, 5) is 11.1. The Labute approximate surface area is 104 Å². The smallest absolute Gasteiger partial charge is 0.305 e. The summed E-state index contributed by atoms with van der Waals surface area (Å²) >= 11 is 0. The van der Waals surface area contributed by atoms with Gasteiger partial charge in [-0.05, 0) is 39.2 Å².